The van der Waals surface area contributed by atoms with Crippen molar-refractivity contribution in [2.45, 2.75) is 18.3 Å². The highest BCUT2D eigenvalue weighted by molar-refractivity contribution is 8.00. The minimum absolute atomic E-state index is 0.166. The number of carboxylic acids is 1. The summed E-state index contributed by atoms with van der Waals surface area (Å²) in [5.41, 5.74) is 0.816. The molecule has 110 valence electrons. The molecule has 0 saturated carbocycles. The van der Waals surface area contributed by atoms with Crippen molar-refractivity contribution in [2.24, 2.45) is 0 Å². The fourth-order valence-electron chi connectivity index (χ4n) is 2.22. The van der Waals surface area contributed by atoms with Crippen LogP contribution < -0.4 is 5.32 Å². The molecule has 0 radical (unpaired) electrons. The van der Waals surface area contributed by atoms with Gasteiger partial charge in [-0.25, -0.2) is 14.6 Å². The number of rotatable bonds is 2. The zero-order valence-corrected chi connectivity index (χ0v) is 12.8. The van der Waals surface area contributed by atoms with Crippen LogP contribution in [0.5, 0.6) is 0 Å². The maximum Gasteiger partial charge on any atom is 0.327 e. The van der Waals surface area contributed by atoms with Gasteiger partial charge in [-0.3, -0.25) is 10.2 Å². The van der Waals surface area contributed by atoms with Gasteiger partial charge >= 0.3 is 12.0 Å². The molecule has 1 saturated heterocycles. The quantitative estimate of drug-likeness (QED) is 0.888. The Labute approximate surface area is 129 Å². The van der Waals surface area contributed by atoms with E-state index in [0.717, 1.165) is 10.2 Å². The second-order valence-corrected chi connectivity index (χ2v) is 6.99. The molecule has 0 spiro atoms. The third-order valence-electron chi connectivity index (χ3n) is 3.25. The first kappa shape index (κ1) is 14.2. The molecular formula is C13H13N3O3S2. The van der Waals surface area contributed by atoms with Gasteiger partial charge in [0.2, 0.25) is 0 Å². The number of carbonyl (C=O) groups is 2. The summed E-state index contributed by atoms with van der Waals surface area (Å²) in [5.74, 6) is -0.574. The molecule has 2 heterocycles. The van der Waals surface area contributed by atoms with Gasteiger partial charge < -0.3 is 5.11 Å². The summed E-state index contributed by atoms with van der Waals surface area (Å²) >= 11 is 2.82. The Morgan fingerprint density at radius 1 is 1.43 bits per heavy atom. The Balaban J connectivity index is 1.80. The van der Waals surface area contributed by atoms with Gasteiger partial charge in [0.05, 0.1) is 15.6 Å². The smallest absolute Gasteiger partial charge is 0.327 e. The number of fused-ring (bicyclic) bond motifs is 1. The normalized spacial score (nSPS) is 21.7. The van der Waals surface area contributed by atoms with Crippen LogP contribution in [0.25, 0.3) is 10.2 Å². The molecule has 21 heavy (non-hydrogen) atoms. The molecule has 6 nitrogen and oxygen atoms in total. The molecule has 3 rings (SSSR count). The van der Waals surface area contributed by atoms with E-state index < -0.39 is 18.0 Å². The van der Waals surface area contributed by atoms with Gasteiger partial charge in [0.1, 0.15) is 6.04 Å². The van der Waals surface area contributed by atoms with Crippen LogP contribution in [-0.4, -0.2) is 44.2 Å². The number of benzene rings is 1. The summed E-state index contributed by atoms with van der Waals surface area (Å²) in [6, 6.07) is 6.38. The summed E-state index contributed by atoms with van der Waals surface area (Å²) in [5, 5.41) is 12.2. The van der Waals surface area contributed by atoms with E-state index in [1.54, 1.807) is 0 Å². The summed E-state index contributed by atoms with van der Waals surface area (Å²) in [6.45, 7) is 1.82. The number of thiazole rings is 1. The third-order valence-corrected chi connectivity index (χ3v) is 5.42. The lowest BCUT2D eigenvalue weighted by molar-refractivity contribution is -0.141. The molecule has 1 aliphatic rings. The Morgan fingerprint density at radius 3 is 2.90 bits per heavy atom. The standard InChI is InChI=1S/C13H13N3O3S2/c1-7-16(9(6-20-7)11(17)18)13(19)15-12-14-8-4-2-3-5-10(8)21-12/h2-5,7,9H,6H2,1H3,(H,17,18)(H,14,15,19). The molecule has 0 aliphatic carbocycles. The van der Waals surface area contributed by atoms with Crippen molar-refractivity contribution in [3.63, 3.8) is 0 Å². The summed E-state index contributed by atoms with van der Waals surface area (Å²) in [7, 11) is 0. The van der Waals surface area contributed by atoms with Crippen LogP contribution in [0, 0.1) is 0 Å². The first-order valence-electron chi connectivity index (χ1n) is 6.35. The lowest BCUT2D eigenvalue weighted by Crippen LogP contribution is -2.46. The number of carboxylic acid groups (broad SMARTS) is 1. The van der Waals surface area contributed by atoms with E-state index in [1.807, 2.05) is 31.2 Å². The van der Waals surface area contributed by atoms with E-state index in [2.05, 4.69) is 10.3 Å². The number of nitrogens with zero attached hydrogens (tertiary/aromatic N) is 2. The van der Waals surface area contributed by atoms with Gasteiger partial charge in [0.15, 0.2) is 5.13 Å². The highest BCUT2D eigenvalue weighted by atomic mass is 32.2. The Morgan fingerprint density at radius 2 is 2.19 bits per heavy atom. The number of carbonyl (C=O) groups excluding carboxylic acids is 1. The minimum Gasteiger partial charge on any atom is -0.480 e. The van der Waals surface area contributed by atoms with Crippen LogP contribution >= 0.6 is 23.1 Å². The van der Waals surface area contributed by atoms with E-state index in [4.69, 9.17) is 0 Å². The van der Waals surface area contributed by atoms with Crippen molar-refractivity contribution in [3.05, 3.63) is 24.3 Å². The molecule has 1 fully saturated rings. The van der Waals surface area contributed by atoms with Gasteiger partial charge in [-0.2, -0.15) is 0 Å². The number of thioether (sulfide) groups is 1. The molecule has 2 N–H and O–H groups in total. The van der Waals surface area contributed by atoms with Crippen molar-refractivity contribution in [1.82, 2.24) is 9.88 Å². The van der Waals surface area contributed by atoms with Crippen LogP contribution in [0.15, 0.2) is 24.3 Å². The maximum absolute atomic E-state index is 12.3. The number of urea groups is 1. The summed E-state index contributed by atoms with van der Waals surface area (Å²) < 4.78 is 0.978. The topological polar surface area (TPSA) is 82.5 Å². The predicted octanol–water partition coefficient (Wildman–Crippen LogP) is 2.68. The van der Waals surface area contributed by atoms with E-state index in [0.29, 0.717) is 10.9 Å². The first-order valence-corrected chi connectivity index (χ1v) is 8.22. The average Bonchev–Trinajstić information content (AvgIpc) is 3.01. The average molecular weight is 323 g/mol. The molecule has 2 amide bonds. The van der Waals surface area contributed by atoms with Crippen LogP contribution in [0.4, 0.5) is 9.93 Å². The Bertz CT molecular complexity index is 670. The summed E-state index contributed by atoms with van der Waals surface area (Å²) in [4.78, 5) is 29.2. The van der Waals surface area contributed by atoms with Gasteiger partial charge in [0, 0.05) is 5.75 Å². The van der Waals surface area contributed by atoms with Crippen LogP contribution in [-0.2, 0) is 4.79 Å². The number of amides is 2. The lowest BCUT2D eigenvalue weighted by Gasteiger charge is -2.24. The molecule has 2 atom stereocenters. The predicted molar refractivity (Wildman–Crippen MR) is 83.8 cm³/mol. The number of nitrogens with one attached hydrogen (secondary N) is 1. The number of anilines is 1. The van der Waals surface area contributed by atoms with E-state index in [1.165, 1.54) is 28.0 Å². The minimum atomic E-state index is -0.980. The molecule has 1 aromatic carbocycles. The zero-order valence-electron chi connectivity index (χ0n) is 11.1. The Hall–Kier alpha value is -1.80. The van der Waals surface area contributed by atoms with Gasteiger partial charge in [-0.1, -0.05) is 23.5 Å². The molecule has 1 aromatic heterocycles. The second-order valence-electron chi connectivity index (χ2n) is 4.61. The Kier molecular flexibility index (Phi) is 3.73. The SMILES string of the molecule is CC1SCC(C(=O)O)N1C(=O)Nc1nc2ccccc2s1. The molecule has 8 heteroatoms. The van der Waals surface area contributed by atoms with Gasteiger partial charge in [0.25, 0.3) is 0 Å². The van der Waals surface area contributed by atoms with Gasteiger partial charge in [-0.15, -0.1) is 11.8 Å². The fraction of sp³-hybridized carbons (Fsp3) is 0.308. The van der Waals surface area contributed by atoms with Crippen LogP contribution in [0.1, 0.15) is 6.92 Å². The number of hydrogen-bond donors (Lipinski definition) is 2. The molecule has 1 aliphatic heterocycles. The number of hydrogen-bond acceptors (Lipinski definition) is 5. The number of para-hydroxylation sites is 1. The van der Waals surface area contributed by atoms with E-state index >= 15 is 0 Å². The van der Waals surface area contributed by atoms with Crippen LogP contribution in [0.3, 0.4) is 0 Å². The maximum atomic E-state index is 12.3. The monoisotopic (exact) mass is 323 g/mol. The molecular weight excluding hydrogens is 310 g/mol. The fourth-order valence-corrected chi connectivity index (χ4v) is 4.25. The third kappa shape index (κ3) is 2.68. The zero-order chi connectivity index (χ0) is 15.0. The lowest BCUT2D eigenvalue weighted by atomic mass is 10.3. The highest BCUT2D eigenvalue weighted by Crippen LogP contribution is 2.31. The van der Waals surface area contributed by atoms with Crippen molar-refractivity contribution < 1.29 is 14.7 Å². The molecule has 0 bridgehead atoms. The number of aliphatic carboxylic acids is 1. The largest absolute Gasteiger partial charge is 0.480 e. The van der Waals surface area contributed by atoms with E-state index in [9.17, 15) is 14.7 Å². The van der Waals surface area contributed by atoms with Crippen molar-refractivity contribution in [2.75, 3.05) is 11.1 Å². The van der Waals surface area contributed by atoms with Crippen molar-refractivity contribution in [1.29, 1.82) is 0 Å². The number of aromatic nitrogens is 1. The van der Waals surface area contributed by atoms with Crippen LogP contribution in [0.2, 0.25) is 0 Å². The van der Waals surface area contributed by atoms with E-state index in [-0.39, 0.29) is 5.37 Å². The molecule has 2 unspecified atom stereocenters. The molecule has 2 aromatic rings. The highest BCUT2D eigenvalue weighted by Gasteiger charge is 2.39. The van der Waals surface area contributed by atoms with Crippen molar-refractivity contribution in [3.8, 4) is 0 Å². The van der Waals surface area contributed by atoms with Crippen molar-refractivity contribution >= 4 is 50.4 Å². The summed E-state index contributed by atoms with van der Waals surface area (Å²) in [6.07, 6.45) is 0. The van der Waals surface area contributed by atoms with Gasteiger partial charge in [-0.05, 0) is 19.1 Å². The second kappa shape index (κ2) is 5.53. The first-order chi connectivity index (χ1) is 10.1.